The maximum Gasteiger partial charge on any atom is 0.240 e. The number of unbranched alkanes of at least 4 members (excludes halogenated alkanes) is 1. The van der Waals surface area contributed by atoms with Gasteiger partial charge in [0.2, 0.25) is 5.91 Å². The molecule has 1 fully saturated rings. The van der Waals surface area contributed by atoms with Gasteiger partial charge in [0.15, 0.2) is 0 Å². The third-order valence-corrected chi connectivity index (χ3v) is 4.96. The van der Waals surface area contributed by atoms with E-state index < -0.39 is 0 Å². The van der Waals surface area contributed by atoms with E-state index in [-0.39, 0.29) is 5.25 Å². The molecule has 2 aliphatic rings. The summed E-state index contributed by atoms with van der Waals surface area (Å²) < 4.78 is 0. The van der Waals surface area contributed by atoms with Gasteiger partial charge in [-0.1, -0.05) is 24.8 Å². The fourth-order valence-corrected chi connectivity index (χ4v) is 4.03. The van der Waals surface area contributed by atoms with E-state index in [4.69, 9.17) is 0 Å². The Morgan fingerprint density at radius 1 is 1.59 bits per heavy atom. The predicted octanol–water partition coefficient (Wildman–Crippen LogP) is 3.70. The molecule has 0 radical (unpaired) electrons. The second-order valence-electron chi connectivity index (χ2n) is 4.68. The second-order valence-corrected chi connectivity index (χ2v) is 5.87. The molecule has 2 nitrogen and oxygen atoms in total. The van der Waals surface area contributed by atoms with Gasteiger partial charge in [0.1, 0.15) is 0 Å². The zero-order chi connectivity index (χ0) is 12.3. The number of carbonyl (C=O) groups excluding carboxylic acids is 1. The maximum absolute atomic E-state index is 12.2. The Bertz CT molecular complexity index is 348. The second kappa shape index (κ2) is 5.76. The molecule has 0 N–H and O–H groups in total. The highest BCUT2D eigenvalue weighted by Crippen LogP contribution is 2.43. The van der Waals surface area contributed by atoms with Crippen molar-refractivity contribution in [2.75, 3.05) is 6.54 Å². The lowest BCUT2D eigenvalue weighted by Crippen LogP contribution is -2.32. The fraction of sp³-hybridized carbons (Fsp3) is 0.643. The van der Waals surface area contributed by atoms with Crippen LogP contribution in [0.4, 0.5) is 0 Å². The van der Waals surface area contributed by atoms with Crippen molar-refractivity contribution >= 4 is 17.7 Å². The minimum atomic E-state index is 0.171. The first-order chi connectivity index (χ1) is 8.27. The molecule has 2 aliphatic heterocycles. The molecule has 0 aromatic carbocycles. The Morgan fingerprint density at radius 2 is 2.41 bits per heavy atom. The summed E-state index contributed by atoms with van der Waals surface area (Å²) >= 11 is 1.81. The molecular formula is C14H21NOS. The number of amides is 1. The van der Waals surface area contributed by atoms with Gasteiger partial charge in [0, 0.05) is 6.54 Å². The predicted molar refractivity (Wildman–Crippen MR) is 73.7 cm³/mol. The monoisotopic (exact) mass is 251 g/mol. The van der Waals surface area contributed by atoms with Crippen molar-refractivity contribution in [2.24, 2.45) is 0 Å². The molecule has 3 heteroatoms. The first-order valence-electron chi connectivity index (χ1n) is 6.59. The molecule has 0 aromatic rings. The van der Waals surface area contributed by atoms with Gasteiger partial charge in [-0.05, 0) is 44.1 Å². The zero-order valence-corrected chi connectivity index (χ0v) is 11.4. The molecule has 1 saturated heterocycles. The van der Waals surface area contributed by atoms with Crippen LogP contribution >= 0.6 is 11.8 Å². The molecule has 94 valence electrons. The topological polar surface area (TPSA) is 20.3 Å². The van der Waals surface area contributed by atoms with Crippen LogP contribution in [-0.4, -0.2) is 22.6 Å². The van der Waals surface area contributed by atoms with Crippen LogP contribution in [0.5, 0.6) is 0 Å². The third kappa shape index (κ3) is 2.59. The van der Waals surface area contributed by atoms with Crippen LogP contribution in [0.2, 0.25) is 0 Å². The first-order valence-corrected chi connectivity index (χ1v) is 7.46. The van der Waals surface area contributed by atoms with Gasteiger partial charge in [-0.3, -0.25) is 4.79 Å². The Kier molecular flexibility index (Phi) is 4.32. The summed E-state index contributed by atoms with van der Waals surface area (Å²) in [5, 5.41) is 1.46. The number of thioether (sulfide) groups is 1. The van der Waals surface area contributed by atoms with Crippen LogP contribution in [0, 0.1) is 0 Å². The Morgan fingerprint density at radius 3 is 3.12 bits per heavy atom. The number of fused-ring (bicyclic) bond motifs is 1. The van der Waals surface area contributed by atoms with E-state index in [1.165, 1.54) is 17.0 Å². The molecular weight excluding hydrogens is 230 g/mol. The average molecular weight is 251 g/mol. The molecule has 1 amide bonds. The van der Waals surface area contributed by atoms with E-state index >= 15 is 0 Å². The van der Waals surface area contributed by atoms with Crippen LogP contribution in [0.3, 0.4) is 0 Å². The molecule has 2 rings (SSSR count). The van der Waals surface area contributed by atoms with Crippen molar-refractivity contribution in [3.63, 3.8) is 0 Å². The molecule has 0 bridgehead atoms. The van der Waals surface area contributed by atoms with Crippen LogP contribution in [-0.2, 0) is 4.79 Å². The minimum Gasteiger partial charge on any atom is -0.306 e. The quantitative estimate of drug-likeness (QED) is 0.548. The summed E-state index contributed by atoms with van der Waals surface area (Å²) in [6.07, 6.45) is 8.44. The van der Waals surface area contributed by atoms with E-state index in [9.17, 15) is 4.79 Å². The minimum absolute atomic E-state index is 0.171. The summed E-state index contributed by atoms with van der Waals surface area (Å²) in [5.41, 5.74) is 1.49. The first kappa shape index (κ1) is 12.7. The maximum atomic E-state index is 12.2. The fourth-order valence-electron chi connectivity index (χ4n) is 2.52. The van der Waals surface area contributed by atoms with Gasteiger partial charge in [0.05, 0.1) is 10.3 Å². The summed E-state index contributed by atoms with van der Waals surface area (Å²) in [5.74, 6) is 0.347. The summed E-state index contributed by atoms with van der Waals surface area (Å²) in [4.78, 5) is 14.3. The molecule has 0 saturated carbocycles. The van der Waals surface area contributed by atoms with Crippen molar-refractivity contribution in [1.82, 2.24) is 4.90 Å². The largest absolute Gasteiger partial charge is 0.306 e. The highest BCUT2D eigenvalue weighted by molar-refractivity contribution is 8.04. The van der Waals surface area contributed by atoms with Crippen molar-refractivity contribution in [3.8, 4) is 0 Å². The van der Waals surface area contributed by atoms with Gasteiger partial charge >= 0.3 is 0 Å². The highest BCUT2D eigenvalue weighted by Gasteiger charge is 2.38. The lowest BCUT2D eigenvalue weighted by atomic mass is 10.0. The van der Waals surface area contributed by atoms with E-state index in [0.717, 1.165) is 38.6 Å². The molecule has 0 spiro atoms. The lowest BCUT2D eigenvalue weighted by Gasteiger charge is -2.25. The normalized spacial score (nSPS) is 24.2. The van der Waals surface area contributed by atoms with Crippen LogP contribution in [0.1, 0.15) is 45.4 Å². The van der Waals surface area contributed by atoms with Gasteiger partial charge in [-0.15, -0.1) is 6.58 Å². The summed E-state index contributed by atoms with van der Waals surface area (Å²) in [6, 6.07) is 0. The number of hydrogen-bond acceptors (Lipinski definition) is 2. The Labute approximate surface area is 108 Å². The smallest absolute Gasteiger partial charge is 0.240 e. The summed E-state index contributed by atoms with van der Waals surface area (Å²) in [7, 11) is 0. The SMILES string of the molecule is C=CCCCC1SC2=C(CC)CCCN2C1=O. The molecule has 0 aliphatic carbocycles. The van der Waals surface area contributed by atoms with Gasteiger partial charge in [0.25, 0.3) is 0 Å². The van der Waals surface area contributed by atoms with Crippen LogP contribution in [0.15, 0.2) is 23.3 Å². The molecule has 1 atom stereocenters. The van der Waals surface area contributed by atoms with Crippen LogP contribution in [0.25, 0.3) is 0 Å². The van der Waals surface area contributed by atoms with Gasteiger partial charge in [-0.25, -0.2) is 0 Å². The third-order valence-electron chi connectivity index (χ3n) is 3.50. The van der Waals surface area contributed by atoms with E-state index in [1.54, 1.807) is 0 Å². The molecule has 1 unspecified atom stereocenters. The Balaban J connectivity index is 2.05. The molecule has 17 heavy (non-hydrogen) atoms. The number of allylic oxidation sites excluding steroid dienone is 2. The number of hydrogen-bond donors (Lipinski definition) is 0. The summed E-state index contributed by atoms with van der Waals surface area (Å²) in [6.45, 7) is 6.86. The van der Waals surface area contributed by atoms with Gasteiger partial charge < -0.3 is 4.90 Å². The number of rotatable bonds is 5. The highest BCUT2D eigenvalue weighted by atomic mass is 32.2. The molecule has 0 aromatic heterocycles. The van der Waals surface area contributed by atoms with Crippen molar-refractivity contribution in [1.29, 1.82) is 0 Å². The lowest BCUT2D eigenvalue weighted by molar-refractivity contribution is -0.127. The molecule has 2 heterocycles. The van der Waals surface area contributed by atoms with E-state index in [2.05, 4.69) is 13.5 Å². The standard InChI is InChI=1S/C14H21NOS/c1-3-5-6-9-12-13(16)15-10-7-8-11(4-2)14(15)17-12/h3,12H,1,4-10H2,2H3. The number of carbonyl (C=O) groups is 1. The van der Waals surface area contributed by atoms with Crippen molar-refractivity contribution in [3.05, 3.63) is 23.3 Å². The van der Waals surface area contributed by atoms with E-state index in [0.29, 0.717) is 5.91 Å². The van der Waals surface area contributed by atoms with E-state index in [1.807, 2.05) is 22.7 Å². The van der Waals surface area contributed by atoms with Crippen molar-refractivity contribution in [2.45, 2.75) is 50.7 Å². The van der Waals surface area contributed by atoms with Crippen molar-refractivity contribution < 1.29 is 4.79 Å². The van der Waals surface area contributed by atoms with Crippen LogP contribution < -0.4 is 0 Å². The number of nitrogens with zero attached hydrogens (tertiary/aromatic N) is 1. The Hall–Kier alpha value is -0.700. The van der Waals surface area contributed by atoms with Gasteiger partial charge in [-0.2, -0.15) is 0 Å². The zero-order valence-electron chi connectivity index (χ0n) is 10.6. The average Bonchev–Trinajstić information content (AvgIpc) is 2.67.